The van der Waals surface area contributed by atoms with E-state index < -0.39 is 5.91 Å². The van der Waals surface area contributed by atoms with E-state index in [1.807, 2.05) is 16.8 Å². The maximum atomic E-state index is 12.6. The van der Waals surface area contributed by atoms with Crippen molar-refractivity contribution in [3.05, 3.63) is 34.3 Å². The molecule has 0 spiro atoms. The van der Waals surface area contributed by atoms with Crippen LogP contribution < -0.4 is 5.73 Å². The van der Waals surface area contributed by atoms with E-state index in [4.69, 9.17) is 5.73 Å². The highest BCUT2D eigenvalue weighted by Gasteiger charge is 2.29. The second-order valence-electron chi connectivity index (χ2n) is 6.45. The molecule has 2 heterocycles. The average Bonchev–Trinajstić information content (AvgIpc) is 3.24. The van der Waals surface area contributed by atoms with E-state index in [2.05, 4.69) is 10.3 Å². The third kappa shape index (κ3) is 4.08. The molecule has 3 rings (SSSR count). The first-order valence-corrected chi connectivity index (χ1v) is 9.31. The van der Waals surface area contributed by atoms with E-state index in [1.54, 1.807) is 6.20 Å². The zero-order valence-corrected chi connectivity index (χ0v) is 14.4. The summed E-state index contributed by atoms with van der Waals surface area (Å²) in [5.74, 6) is 0.200. The smallest absolute Gasteiger partial charge is 0.239 e. The molecule has 0 saturated heterocycles. The van der Waals surface area contributed by atoms with Gasteiger partial charge in [0.15, 0.2) is 5.78 Å². The van der Waals surface area contributed by atoms with Gasteiger partial charge in [-0.25, -0.2) is 4.68 Å². The first-order chi connectivity index (χ1) is 11.6. The highest BCUT2D eigenvalue weighted by Crippen LogP contribution is 2.38. The zero-order valence-electron chi connectivity index (χ0n) is 13.6. The van der Waals surface area contributed by atoms with Crippen LogP contribution in [0.4, 0.5) is 0 Å². The minimum atomic E-state index is -0.449. The summed E-state index contributed by atoms with van der Waals surface area (Å²) in [4.78, 5) is 23.7. The Morgan fingerprint density at radius 2 is 2.12 bits per heavy atom. The van der Waals surface area contributed by atoms with E-state index in [9.17, 15) is 9.59 Å². The van der Waals surface area contributed by atoms with Crippen LogP contribution in [0.3, 0.4) is 0 Å². The fourth-order valence-electron chi connectivity index (χ4n) is 3.51. The van der Waals surface area contributed by atoms with Crippen LogP contribution in [0.25, 0.3) is 0 Å². The van der Waals surface area contributed by atoms with Crippen molar-refractivity contribution in [3.63, 3.8) is 0 Å². The first kappa shape index (κ1) is 16.8. The lowest BCUT2D eigenvalue weighted by Gasteiger charge is -2.28. The summed E-state index contributed by atoms with van der Waals surface area (Å²) in [5, 5.41) is 12.0. The van der Waals surface area contributed by atoms with Gasteiger partial charge in [-0.1, -0.05) is 24.5 Å². The molecule has 0 unspecified atom stereocenters. The molecule has 2 aromatic heterocycles. The Morgan fingerprint density at radius 3 is 2.79 bits per heavy atom. The zero-order chi connectivity index (χ0) is 16.9. The number of hydrogen-bond acceptors (Lipinski definition) is 5. The van der Waals surface area contributed by atoms with Gasteiger partial charge in [0.05, 0.1) is 5.69 Å². The lowest BCUT2D eigenvalue weighted by Crippen LogP contribution is -2.20. The van der Waals surface area contributed by atoms with E-state index >= 15 is 0 Å². The third-order valence-electron chi connectivity index (χ3n) is 4.72. The maximum Gasteiger partial charge on any atom is 0.239 e. The third-order valence-corrected chi connectivity index (χ3v) is 5.40. The normalized spacial score (nSPS) is 16.8. The number of hydrogen-bond donors (Lipinski definition) is 1. The summed E-state index contributed by atoms with van der Waals surface area (Å²) in [6.45, 7) is 0.0167. The number of nitrogens with two attached hydrogens (primary N) is 1. The summed E-state index contributed by atoms with van der Waals surface area (Å²) >= 11 is 1.53. The predicted molar refractivity (Wildman–Crippen MR) is 91.8 cm³/mol. The fourth-order valence-corrected chi connectivity index (χ4v) is 4.17. The predicted octanol–water partition coefficient (Wildman–Crippen LogP) is 2.76. The van der Waals surface area contributed by atoms with Crippen LogP contribution in [-0.4, -0.2) is 26.7 Å². The number of carbonyl (C=O) groups excluding carboxylic acids is 2. The molecule has 1 fully saturated rings. The monoisotopic (exact) mass is 346 g/mol. The van der Waals surface area contributed by atoms with Crippen LogP contribution in [0, 0.1) is 5.92 Å². The van der Waals surface area contributed by atoms with E-state index in [0.29, 0.717) is 12.3 Å². The second-order valence-corrected chi connectivity index (χ2v) is 7.23. The molecule has 7 heteroatoms. The van der Waals surface area contributed by atoms with Gasteiger partial charge in [-0.3, -0.25) is 9.59 Å². The number of nitrogens with zero attached hydrogens (tertiary/aromatic N) is 3. The van der Waals surface area contributed by atoms with Crippen molar-refractivity contribution in [1.82, 2.24) is 15.0 Å². The standard InChI is InChI=1S/C17H22N4O2S/c18-17(23)10-21-9-15(19-20-21)14(12-4-2-1-3-5-12)8-16(22)13-6-7-24-11-13/h6-7,9,11-12,14H,1-5,8,10H2,(H2,18,23)/t14-/m0/s1. The summed E-state index contributed by atoms with van der Waals surface area (Å²) in [7, 11) is 0. The van der Waals surface area contributed by atoms with Crippen molar-refractivity contribution < 1.29 is 9.59 Å². The van der Waals surface area contributed by atoms with Gasteiger partial charge in [0.25, 0.3) is 0 Å². The number of carbonyl (C=O) groups is 2. The van der Waals surface area contributed by atoms with Crippen molar-refractivity contribution >= 4 is 23.0 Å². The number of Topliss-reactive ketones (excluding diaryl/α,β-unsaturated/α-hetero) is 1. The number of amides is 1. The van der Waals surface area contributed by atoms with Crippen LogP contribution >= 0.6 is 11.3 Å². The largest absolute Gasteiger partial charge is 0.368 e. The lowest BCUT2D eigenvalue weighted by atomic mass is 9.76. The van der Waals surface area contributed by atoms with Crippen LogP contribution in [0.5, 0.6) is 0 Å². The molecule has 0 aromatic carbocycles. The molecular weight excluding hydrogens is 324 g/mol. The van der Waals surface area contributed by atoms with Gasteiger partial charge in [0.1, 0.15) is 6.54 Å². The number of thiophene rings is 1. The molecule has 2 N–H and O–H groups in total. The van der Waals surface area contributed by atoms with Gasteiger partial charge in [-0.05, 0) is 30.2 Å². The van der Waals surface area contributed by atoms with Crippen molar-refractivity contribution in [2.45, 2.75) is 51.0 Å². The molecule has 1 amide bonds. The number of ketones is 1. The van der Waals surface area contributed by atoms with Gasteiger partial charge in [-0.2, -0.15) is 11.3 Å². The Bertz CT molecular complexity index is 689. The van der Waals surface area contributed by atoms with Crippen LogP contribution in [0.15, 0.2) is 23.0 Å². The quantitative estimate of drug-likeness (QED) is 0.780. The maximum absolute atomic E-state index is 12.6. The molecular formula is C17H22N4O2S. The first-order valence-electron chi connectivity index (χ1n) is 8.37. The molecule has 0 aliphatic heterocycles. The van der Waals surface area contributed by atoms with Crippen molar-refractivity contribution in [1.29, 1.82) is 0 Å². The summed E-state index contributed by atoms with van der Waals surface area (Å²) in [5.41, 5.74) is 6.78. The molecule has 6 nitrogen and oxygen atoms in total. The Labute approximate surface area is 145 Å². The highest BCUT2D eigenvalue weighted by atomic mass is 32.1. The van der Waals surface area contributed by atoms with Gasteiger partial charge in [0.2, 0.25) is 5.91 Å². The topological polar surface area (TPSA) is 90.9 Å². The summed E-state index contributed by atoms with van der Waals surface area (Å²) in [6, 6.07) is 1.87. The molecule has 128 valence electrons. The number of rotatable bonds is 7. The van der Waals surface area contributed by atoms with E-state index in [-0.39, 0.29) is 18.2 Å². The molecule has 0 radical (unpaired) electrons. The summed E-state index contributed by atoms with van der Waals surface area (Å²) in [6.07, 6.45) is 8.10. The Hall–Kier alpha value is -2.02. The lowest BCUT2D eigenvalue weighted by molar-refractivity contribution is -0.118. The van der Waals surface area contributed by atoms with E-state index in [0.717, 1.165) is 24.1 Å². The summed E-state index contributed by atoms with van der Waals surface area (Å²) < 4.78 is 1.46. The van der Waals surface area contributed by atoms with Crippen molar-refractivity contribution in [2.24, 2.45) is 11.7 Å². The SMILES string of the molecule is NC(=O)Cn1cc([C@@H](CC(=O)c2ccsc2)C2CCCCC2)nn1. The minimum absolute atomic E-state index is 0.0167. The Balaban J connectivity index is 1.79. The molecule has 1 aliphatic carbocycles. The molecule has 1 aliphatic rings. The van der Waals surface area contributed by atoms with Gasteiger partial charge in [0, 0.05) is 29.5 Å². The fraction of sp³-hybridized carbons (Fsp3) is 0.529. The van der Waals surface area contributed by atoms with Crippen molar-refractivity contribution in [2.75, 3.05) is 0 Å². The molecule has 24 heavy (non-hydrogen) atoms. The molecule has 1 atom stereocenters. The Morgan fingerprint density at radius 1 is 1.33 bits per heavy atom. The van der Waals surface area contributed by atoms with Gasteiger partial charge < -0.3 is 5.73 Å². The van der Waals surface area contributed by atoms with Gasteiger partial charge in [-0.15, -0.1) is 5.10 Å². The molecule has 1 saturated carbocycles. The van der Waals surface area contributed by atoms with E-state index in [1.165, 1.54) is 35.3 Å². The van der Waals surface area contributed by atoms with Crippen LogP contribution in [0.2, 0.25) is 0 Å². The Kier molecular flexibility index (Phi) is 5.40. The van der Waals surface area contributed by atoms with Gasteiger partial charge >= 0.3 is 0 Å². The van der Waals surface area contributed by atoms with Crippen LogP contribution in [0.1, 0.15) is 60.5 Å². The minimum Gasteiger partial charge on any atom is -0.368 e. The second kappa shape index (κ2) is 7.70. The molecule has 2 aromatic rings. The highest BCUT2D eigenvalue weighted by molar-refractivity contribution is 7.08. The van der Waals surface area contributed by atoms with Crippen LogP contribution in [-0.2, 0) is 11.3 Å². The number of aromatic nitrogens is 3. The molecule has 0 bridgehead atoms. The average molecular weight is 346 g/mol. The number of primary amides is 1. The van der Waals surface area contributed by atoms with Crippen molar-refractivity contribution in [3.8, 4) is 0 Å².